The van der Waals surface area contributed by atoms with Gasteiger partial charge in [0.1, 0.15) is 21.5 Å². The van der Waals surface area contributed by atoms with E-state index in [1.807, 2.05) is 17.2 Å². The molecule has 0 bridgehead atoms. The van der Waals surface area contributed by atoms with E-state index in [0.29, 0.717) is 30.7 Å². The number of amides is 1. The van der Waals surface area contributed by atoms with Gasteiger partial charge in [0.25, 0.3) is 0 Å². The summed E-state index contributed by atoms with van der Waals surface area (Å²) in [6, 6.07) is 8.14. The fraction of sp³-hybridized carbons (Fsp3) is 0.529. The molecule has 11 nitrogen and oxygen atoms in total. The molecule has 1 amide bonds. The van der Waals surface area contributed by atoms with Gasteiger partial charge in [-0.1, -0.05) is 25.5 Å². The molecule has 3 atom stereocenters. The van der Waals surface area contributed by atoms with Gasteiger partial charge in [0.2, 0.25) is 11.9 Å². The molecule has 3 aromatic rings. The predicted molar refractivity (Wildman–Crippen MR) is 182 cm³/mol. The molecule has 3 aliphatic heterocycles. The second-order valence-electron chi connectivity index (χ2n) is 12.9. The lowest BCUT2D eigenvalue weighted by Gasteiger charge is -2.48. The Hall–Kier alpha value is -3.77. The molecule has 246 valence electrons. The zero-order valence-corrected chi connectivity index (χ0v) is 27.9. The summed E-state index contributed by atoms with van der Waals surface area (Å²) in [5.41, 5.74) is 2.10. The molecule has 6 rings (SSSR count). The largest absolute Gasteiger partial charge is 0.381 e. The second kappa shape index (κ2) is 13.5. The molecular formula is C34H45N7O4S. The number of anilines is 4. The first-order valence-electron chi connectivity index (χ1n) is 16.3. The van der Waals surface area contributed by atoms with Crippen LogP contribution >= 0.6 is 0 Å². The highest BCUT2D eigenvalue weighted by molar-refractivity contribution is 7.90. The lowest BCUT2D eigenvalue weighted by Crippen LogP contribution is -2.57. The van der Waals surface area contributed by atoms with Crippen molar-refractivity contribution in [2.75, 3.05) is 60.4 Å². The average molecular weight is 648 g/mol. The topological polar surface area (TPSA) is 121 Å². The Morgan fingerprint density at radius 3 is 2.59 bits per heavy atom. The predicted octanol–water partition coefficient (Wildman–Crippen LogP) is 4.88. The van der Waals surface area contributed by atoms with Crippen molar-refractivity contribution in [2.24, 2.45) is 5.92 Å². The van der Waals surface area contributed by atoms with Gasteiger partial charge in [-0.05, 0) is 67.8 Å². The van der Waals surface area contributed by atoms with E-state index in [1.54, 1.807) is 13.3 Å². The molecule has 0 unspecified atom stereocenters. The highest BCUT2D eigenvalue weighted by Gasteiger charge is 2.38. The van der Waals surface area contributed by atoms with Gasteiger partial charge in [-0.25, -0.2) is 18.4 Å². The van der Waals surface area contributed by atoms with E-state index in [1.165, 1.54) is 12.3 Å². The number of piperidine rings is 1. The summed E-state index contributed by atoms with van der Waals surface area (Å²) in [6.45, 7) is 8.90. The van der Waals surface area contributed by atoms with Gasteiger partial charge in [0.05, 0.1) is 17.9 Å². The van der Waals surface area contributed by atoms with E-state index in [2.05, 4.69) is 51.8 Å². The van der Waals surface area contributed by atoms with Crippen LogP contribution in [0.15, 0.2) is 49.3 Å². The first-order chi connectivity index (χ1) is 22.1. The number of nitrogens with one attached hydrogen (secondary N) is 1. The first kappa shape index (κ1) is 32.2. The number of rotatable bonds is 9. The Balaban J connectivity index is 1.35. The van der Waals surface area contributed by atoms with Gasteiger partial charge in [-0.2, -0.15) is 4.98 Å². The van der Waals surface area contributed by atoms with E-state index in [0.717, 1.165) is 73.6 Å². The minimum Gasteiger partial charge on any atom is -0.381 e. The number of likely N-dealkylation sites (tertiary alicyclic amines) is 1. The number of aromatic nitrogens is 3. The first-order valence-corrected chi connectivity index (χ1v) is 18.4. The Kier molecular flexibility index (Phi) is 9.47. The Morgan fingerprint density at radius 2 is 1.87 bits per heavy atom. The second-order valence-corrected chi connectivity index (χ2v) is 15.1. The highest BCUT2D eigenvalue weighted by atomic mass is 32.2. The van der Waals surface area contributed by atoms with Crippen LogP contribution in [-0.2, 0) is 19.4 Å². The average Bonchev–Trinajstić information content (AvgIpc) is 3.31. The molecule has 0 saturated carbocycles. The van der Waals surface area contributed by atoms with Crippen molar-refractivity contribution in [1.82, 2.24) is 19.9 Å². The lowest BCUT2D eigenvalue weighted by atomic mass is 9.88. The maximum atomic E-state index is 13.1. The van der Waals surface area contributed by atoms with Crippen LogP contribution in [0.5, 0.6) is 0 Å². The van der Waals surface area contributed by atoms with Crippen molar-refractivity contribution in [3.63, 3.8) is 0 Å². The van der Waals surface area contributed by atoms with Gasteiger partial charge in [0.15, 0.2) is 0 Å². The van der Waals surface area contributed by atoms with Crippen LogP contribution in [0.4, 0.5) is 23.3 Å². The molecule has 3 saturated heterocycles. The summed E-state index contributed by atoms with van der Waals surface area (Å²) >= 11 is 0. The fourth-order valence-corrected chi connectivity index (χ4v) is 8.41. The van der Waals surface area contributed by atoms with Crippen LogP contribution in [0.2, 0.25) is 0 Å². The Morgan fingerprint density at radius 1 is 1.07 bits per heavy atom. The van der Waals surface area contributed by atoms with Crippen LogP contribution in [0.25, 0.3) is 10.8 Å². The molecule has 0 aliphatic carbocycles. The molecule has 46 heavy (non-hydrogen) atoms. The van der Waals surface area contributed by atoms with Crippen molar-refractivity contribution in [2.45, 2.75) is 63.6 Å². The molecule has 5 heterocycles. The zero-order chi connectivity index (χ0) is 32.4. The smallest absolute Gasteiger partial charge is 0.246 e. The summed E-state index contributed by atoms with van der Waals surface area (Å²) in [6.07, 6.45) is 12.5. The third-order valence-electron chi connectivity index (χ3n) is 9.87. The van der Waals surface area contributed by atoms with Crippen LogP contribution in [0.3, 0.4) is 0 Å². The van der Waals surface area contributed by atoms with Gasteiger partial charge in [0, 0.05) is 75.0 Å². The van der Waals surface area contributed by atoms with Crippen molar-refractivity contribution < 1.29 is 17.9 Å². The van der Waals surface area contributed by atoms with E-state index >= 15 is 0 Å². The fourth-order valence-electron chi connectivity index (χ4n) is 7.25. The van der Waals surface area contributed by atoms with E-state index in [9.17, 15) is 13.2 Å². The monoisotopic (exact) mass is 647 g/mol. The molecule has 3 aliphatic rings. The standard InChI is InChI=1S/C34H45N7O4S/c1-5-33(42)40-16-8-6-7-9-29(40)26-10-11-30(41-21-24(23(41)2)22-46(4,43)44)28-20-36-32(19-27(26)28)37-31-12-15-35-34(38-31)39-17-13-25(45-3)14-18-39/h5,10-12,15,19-20,23-25,29H,1,6-9,13-14,16-18,21-22H2,2-4H3,(H,35,36,37,38)/t23-,24-,29+/m1/s1. The van der Waals surface area contributed by atoms with Crippen molar-refractivity contribution >= 4 is 49.8 Å². The van der Waals surface area contributed by atoms with Crippen LogP contribution in [0.1, 0.15) is 57.1 Å². The third kappa shape index (κ3) is 6.83. The Bertz CT molecular complexity index is 1690. The number of sulfone groups is 1. The highest BCUT2D eigenvalue weighted by Crippen LogP contribution is 2.42. The number of pyridine rings is 1. The number of carbonyl (C=O) groups is 1. The summed E-state index contributed by atoms with van der Waals surface area (Å²) < 4.78 is 29.6. The number of fused-ring (bicyclic) bond motifs is 1. The minimum absolute atomic E-state index is 0.0560. The lowest BCUT2D eigenvalue weighted by molar-refractivity contribution is -0.128. The summed E-state index contributed by atoms with van der Waals surface area (Å²) in [4.78, 5) is 33.6. The van der Waals surface area contributed by atoms with E-state index in [-0.39, 0.29) is 35.8 Å². The third-order valence-corrected chi connectivity index (χ3v) is 10.9. The number of hydrogen-bond acceptors (Lipinski definition) is 10. The van der Waals surface area contributed by atoms with Crippen LogP contribution in [0, 0.1) is 5.92 Å². The number of carbonyl (C=O) groups excluding carboxylic acids is 1. The van der Waals surface area contributed by atoms with E-state index < -0.39 is 9.84 Å². The molecule has 3 fully saturated rings. The zero-order valence-electron chi connectivity index (χ0n) is 27.1. The van der Waals surface area contributed by atoms with Gasteiger partial charge in [-0.15, -0.1) is 0 Å². The maximum Gasteiger partial charge on any atom is 0.246 e. The van der Waals surface area contributed by atoms with Crippen molar-refractivity contribution in [3.8, 4) is 0 Å². The molecule has 0 spiro atoms. The van der Waals surface area contributed by atoms with Gasteiger partial charge < -0.3 is 24.8 Å². The molecule has 2 aromatic heterocycles. The number of nitrogens with zero attached hydrogens (tertiary/aromatic N) is 6. The molecule has 1 aromatic carbocycles. The normalized spacial score (nSPS) is 22.8. The van der Waals surface area contributed by atoms with E-state index in [4.69, 9.17) is 14.7 Å². The molecule has 1 N–H and O–H groups in total. The molecular weight excluding hydrogens is 602 g/mol. The summed E-state index contributed by atoms with van der Waals surface area (Å²) in [5.74, 6) is 2.18. The Labute approximate surface area is 272 Å². The van der Waals surface area contributed by atoms with Crippen molar-refractivity contribution in [1.29, 1.82) is 0 Å². The summed E-state index contributed by atoms with van der Waals surface area (Å²) in [5, 5.41) is 5.40. The number of ether oxygens (including phenoxy) is 1. The van der Waals surface area contributed by atoms with Crippen LogP contribution < -0.4 is 15.1 Å². The van der Waals surface area contributed by atoms with Gasteiger partial charge >= 0.3 is 0 Å². The molecule has 12 heteroatoms. The number of benzene rings is 1. The van der Waals surface area contributed by atoms with Crippen molar-refractivity contribution in [3.05, 3.63) is 54.9 Å². The quantitative estimate of drug-likeness (QED) is 0.322. The van der Waals surface area contributed by atoms with Crippen LogP contribution in [-0.4, -0.2) is 91.6 Å². The minimum atomic E-state index is -3.07. The number of hydrogen-bond donors (Lipinski definition) is 1. The van der Waals surface area contributed by atoms with Gasteiger partial charge in [-0.3, -0.25) is 4.79 Å². The summed E-state index contributed by atoms with van der Waals surface area (Å²) in [7, 11) is -1.31. The molecule has 0 radical (unpaired) electrons. The maximum absolute atomic E-state index is 13.1. The SMILES string of the molecule is C=CC(=O)N1CCCCC[C@H]1c1ccc(N2C[C@H](CS(C)(=O)=O)[C@H]2C)c2cnc(Nc3ccnc(N4CCC(OC)CC4)n3)cc12. The number of methoxy groups -OCH3 is 1.